The standard InChI is InChI=1S/C19H21NO2/c21-17-9-3-5-14(11-17)12-19(22)20-13-16-8-4-7-15-6-1-2-10-18(15)16/h1-3,5-6,9-11,16,21H,4,7-8,12-13H2,(H,20,22). The second kappa shape index (κ2) is 6.65. The third kappa shape index (κ3) is 3.48. The predicted molar refractivity (Wildman–Crippen MR) is 86.9 cm³/mol. The summed E-state index contributed by atoms with van der Waals surface area (Å²) in [5.41, 5.74) is 3.63. The fourth-order valence-corrected chi connectivity index (χ4v) is 3.22. The number of carbonyl (C=O) groups is 1. The van der Waals surface area contributed by atoms with Crippen LogP contribution in [0.2, 0.25) is 0 Å². The number of phenols is 1. The molecule has 1 aliphatic rings. The highest BCUT2D eigenvalue weighted by Crippen LogP contribution is 2.30. The van der Waals surface area contributed by atoms with Crippen molar-refractivity contribution < 1.29 is 9.90 Å². The smallest absolute Gasteiger partial charge is 0.224 e. The second-order valence-corrected chi connectivity index (χ2v) is 5.94. The molecule has 0 heterocycles. The zero-order valence-corrected chi connectivity index (χ0v) is 12.6. The Morgan fingerprint density at radius 1 is 1.18 bits per heavy atom. The first kappa shape index (κ1) is 14.6. The maximum atomic E-state index is 12.1. The van der Waals surface area contributed by atoms with Crippen LogP contribution >= 0.6 is 0 Å². The van der Waals surface area contributed by atoms with Gasteiger partial charge in [0.05, 0.1) is 6.42 Å². The van der Waals surface area contributed by atoms with E-state index in [-0.39, 0.29) is 11.7 Å². The number of aryl methyl sites for hydroxylation is 1. The molecule has 0 bridgehead atoms. The van der Waals surface area contributed by atoms with Crippen molar-refractivity contribution in [2.24, 2.45) is 0 Å². The van der Waals surface area contributed by atoms with Gasteiger partial charge in [0.1, 0.15) is 5.75 Å². The Morgan fingerprint density at radius 2 is 2.05 bits per heavy atom. The lowest BCUT2D eigenvalue weighted by atomic mass is 9.83. The van der Waals surface area contributed by atoms with Crippen molar-refractivity contribution in [2.75, 3.05) is 6.54 Å². The largest absolute Gasteiger partial charge is 0.508 e. The van der Waals surface area contributed by atoms with Gasteiger partial charge in [0.2, 0.25) is 5.91 Å². The molecule has 0 aliphatic heterocycles. The second-order valence-electron chi connectivity index (χ2n) is 5.94. The summed E-state index contributed by atoms with van der Waals surface area (Å²) in [7, 11) is 0. The third-order valence-electron chi connectivity index (χ3n) is 4.31. The van der Waals surface area contributed by atoms with Crippen molar-refractivity contribution in [1.29, 1.82) is 0 Å². The van der Waals surface area contributed by atoms with E-state index >= 15 is 0 Å². The molecule has 1 unspecified atom stereocenters. The van der Waals surface area contributed by atoms with Gasteiger partial charge in [-0.05, 0) is 48.1 Å². The van der Waals surface area contributed by atoms with Crippen molar-refractivity contribution in [3.05, 3.63) is 65.2 Å². The lowest BCUT2D eigenvalue weighted by Gasteiger charge is -2.25. The summed E-state index contributed by atoms with van der Waals surface area (Å²) >= 11 is 0. The van der Waals surface area contributed by atoms with E-state index in [2.05, 4.69) is 29.6 Å². The summed E-state index contributed by atoms with van der Waals surface area (Å²) in [6.07, 6.45) is 3.76. The number of aromatic hydroxyl groups is 1. The molecular weight excluding hydrogens is 274 g/mol. The van der Waals surface area contributed by atoms with Gasteiger partial charge < -0.3 is 10.4 Å². The van der Waals surface area contributed by atoms with Crippen LogP contribution < -0.4 is 5.32 Å². The first-order valence-electron chi connectivity index (χ1n) is 7.85. The Kier molecular flexibility index (Phi) is 4.42. The van der Waals surface area contributed by atoms with Gasteiger partial charge in [-0.1, -0.05) is 36.4 Å². The van der Waals surface area contributed by atoms with Crippen molar-refractivity contribution >= 4 is 5.91 Å². The minimum atomic E-state index is 0.00801. The summed E-state index contributed by atoms with van der Waals surface area (Å²) in [6.45, 7) is 0.689. The molecule has 1 amide bonds. The van der Waals surface area contributed by atoms with Gasteiger partial charge in [-0.2, -0.15) is 0 Å². The molecule has 2 aromatic rings. The molecule has 3 rings (SSSR count). The quantitative estimate of drug-likeness (QED) is 0.910. The molecule has 0 saturated heterocycles. The number of hydrogen-bond acceptors (Lipinski definition) is 2. The first-order chi connectivity index (χ1) is 10.7. The highest BCUT2D eigenvalue weighted by atomic mass is 16.3. The number of carbonyl (C=O) groups excluding carboxylic acids is 1. The highest BCUT2D eigenvalue weighted by molar-refractivity contribution is 5.78. The molecular formula is C19H21NO2. The summed E-state index contributed by atoms with van der Waals surface area (Å²) in [5.74, 6) is 0.623. The molecule has 1 atom stereocenters. The number of fused-ring (bicyclic) bond motifs is 1. The molecule has 0 aromatic heterocycles. The lowest BCUT2D eigenvalue weighted by Crippen LogP contribution is -2.31. The van der Waals surface area contributed by atoms with Crippen LogP contribution in [0.4, 0.5) is 0 Å². The molecule has 1 aliphatic carbocycles. The maximum Gasteiger partial charge on any atom is 0.224 e. The molecule has 3 heteroatoms. The highest BCUT2D eigenvalue weighted by Gasteiger charge is 2.20. The van der Waals surface area contributed by atoms with Crippen LogP contribution in [0.3, 0.4) is 0 Å². The minimum Gasteiger partial charge on any atom is -0.508 e. The van der Waals surface area contributed by atoms with E-state index in [9.17, 15) is 9.90 Å². The molecule has 0 spiro atoms. The summed E-state index contributed by atoms with van der Waals surface area (Å²) < 4.78 is 0. The minimum absolute atomic E-state index is 0.00801. The molecule has 0 fully saturated rings. The molecule has 114 valence electrons. The van der Waals surface area contributed by atoms with Gasteiger partial charge >= 0.3 is 0 Å². The Hall–Kier alpha value is -2.29. The molecule has 22 heavy (non-hydrogen) atoms. The molecule has 0 saturated carbocycles. The Balaban J connectivity index is 1.58. The number of benzene rings is 2. The number of hydrogen-bond donors (Lipinski definition) is 2. The SMILES string of the molecule is O=C(Cc1cccc(O)c1)NCC1CCCc2ccccc21. The first-order valence-corrected chi connectivity index (χ1v) is 7.85. The zero-order chi connectivity index (χ0) is 15.4. The predicted octanol–water partition coefficient (Wildman–Crippen LogP) is 3.17. The number of nitrogens with one attached hydrogen (secondary N) is 1. The molecule has 2 aromatic carbocycles. The van der Waals surface area contributed by atoms with Crippen LogP contribution in [-0.2, 0) is 17.6 Å². The molecule has 0 radical (unpaired) electrons. The normalized spacial score (nSPS) is 16.8. The average Bonchev–Trinajstić information content (AvgIpc) is 2.53. The van der Waals surface area contributed by atoms with Gasteiger partial charge in [-0.3, -0.25) is 4.79 Å². The fraction of sp³-hybridized carbons (Fsp3) is 0.316. The van der Waals surface area contributed by atoms with Gasteiger partial charge in [0.15, 0.2) is 0 Å². The van der Waals surface area contributed by atoms with E-state index in [1.165, 1.54) is 17.5 Å². The van der Waals surface area contributed by atoms with E-state index < -0.39 is 0 Å². The van der Waals surface area contributed by atoms with Crippen LogP contribution in [0.25, 0.3) is 0 Å². The number of amides is 1. The van der Waals surface area contributed by atoms with Crippen molar-refractivity contribution in [3.8, 4) is 5.75 Å². The van der Waals surface area contributed by atoms with Crippen molar-refractivity contribution in [3.63, 3.8) is 0 Å². The Labute approximate surface area is 131 Å². The summed E-state index contributed by atoms with van der Waals surface area (Å²) in [6, 6.07) is 15.4. The van der Waals surface area contributed by atoms with Gasteiger partial charge in [-0.15, -0.1) is 0 Å². The van der Waals surface area contributed by atoms with E-state index in [0.29, 0.717) is 18.9 Å². The van der Waals surface area contributed by atoms with E-state index in [4.69, 9.17) is 0 Å². The van der Waals surface area contributed by atoms with Crippen LogP contribution in [0.1, 0.15) is 35.4 Å². The van der Waals surface area contributed by atoms with E-state index in [0.717, 1.165) is 18.4 Å². The monoisotopic (exact) mass is 295 g/mol. The maximum absolute atomic E-state index is 12.1. The Bertz CT molecular complexity index is 666. The van der Waals surface area contributed by atoms with Gasteiger partial charge in [-0.25, -0.2) is 0 Å². The topological polar surface area (TPSA) is 49.3 Å². The van der Waals surface area contributed by atoms with Crippen LogP contribution in [-0.4, -0.2) is 17.6 Å². The third-order valence-corrected chi connectivity index (χ3v) is 4.31. The van der Waals surface area contributed by atoms with Crippen LogP contribution in [0.5, 0.6) is 5.75 Å². The van der Waals surface area contributed by atoms with E-state index in [1.807, 2.05) is 6.07 Å². The van der Waals surface area contributed by atoms with E-state index in [1.54, 1.807) is 18.2 Å². The number of rotatable bonds is 4. The lowest BCUT2D eigenvalue weighted by molar-refractivity contribution is -0.120. The van der Waals surface area contributed by atoms with Gasteiger partial charge in [0, 0.05) is 12.5 Å². The van der Waals surface area contributed by atoms with Crippen molar-refractivity contribution in [1.82, 2.24) is 5.32 Å². The Morgan fingerprint density at radius 3 is 2.91 bits per heavy atom. The van der Waals surface area contributed by atoms with Crippen LogP contribution in [0.15, 0.2) is 48.5 Å². The molecule has 2 N–H and O–H groups in total. The zero-order valence-electron chi connectivity index (χ0n) is 12.6. The summed E-state index contributed by atoms with van der Waals surface area (Å²) in [4.78, 5) is 12.1. The average molecular weight is 295 g/mol. The molecule has 3 nitrogen and oxygen atoms in total. The number of phenolic OH excluding ortho intramolecular Hbond substituents is 1. The van der Waals surface area contributed by atoms with Crippen molar-refractivity contribution in [2.45, 2.75) is 31.6 Å². The fourth-order valence-electron chi connectivity index (χ4n) is 3.22. The van der Waals surface area contributed by atoms with Crippen LogP contribution in [0, 0.1) is 0 Å². The summed E-state index contributed by atoms with van der Waals surface area (Å²) in [5, 5.41) is 12.5. The van der Waals surface area contributed by atoms with Gasteiger partial charge in [0.25, 0.3) is 0 Å².